The first-order valence-electron chi connectivity index (χ1n) is 6.24. The van der Waals surface area contributed by atoms with Crippen LogP contribution in [0.1, 0.15) is 25.3 Å². The average molecular weight is 253 g/mol. The van der Waals surface area contributed by atoms with E-state index in [0.29, 0.717) is 25.8 Å². The Hall–Kier alpha value is -1.42. The van der Waals surface area contributed by atoms with Gasteiger partial charge in [0.25, 0.3) is 0 Å². The lowest BCUT2D eigenvalue weighted by molar-refractivity contribution is -0.121. The van der Waals surface area contributed by atoms with E-state index < -0.39 is 0 Å². The van der Waals surface area contributed by atoms with Crippen LogP contribution < -0.4 is 5.32 Å². The summed E-state index contributed by atoms with van der Waals surface area (Å²) in [5.74, 6) is -0.0401. The van der Waals surface area contributed by atoms with E-state index in [-0.39, 0.29) is 24.2 Å². The fraction of sp³-hybridized carbons (Fsp3) is 0.500. The number of aliphatic hydroxyl groups is 1. The smallest absolute Gasteiger partial charge is 0.220 e. The molecule has 2 N–H and O–H groups in total. The van der Waals surface area contributed by atoms with Crippen molar-refractivity contribution in [2.75, 3.05) is 13.2 Å². The van der Waals surface area contributed by atoms with Crippen LogP contribution in [0.15, 0.2) is 24.3 Å². The van der Waals surface area contributed by atoms with Crippen LogP contribution in [-0.2, 0) is 11.2 Å². The van der Waals surface area contributed by atoms with Gasteiger partial charge in [-0.2, -0.15) is 0 Å². The molecule has 18 heavy (non-hydrogen) atoms. The standard InChI is InChI=1S/C14H20FNO2/c1-11(7-8-17)10-16-14(18)6-5-12-3-2-4-13(15)9-12/h2-4,9,11,17H,5-8,10H2,1H3,(H,16,18). The van der Waals surface area contributed by atoms with Gasteiger partial charge in [-0.05, 0) is 36.5 Å². The van der Waals surface area contributed by atoms with Crippen molar-refractivity contribution in [2.45, 2.75) is 26.2 Å². The molecule has 4 heteroatoms. The molecule has 0 bridgehead atoms. The van der Waals surface area contributed by atoms with Crippen LogP contribution in [0.25, 0.3) is 0 Å². The van der Waals surface area contributed by atoms with Gasteiger partial charge in [0.2, 0.25) is 5.91 Å². The number of carbonyl (C=O) groups excluding carboxylic acids is 1. The SMILES string of the molecule is CC(CCO)CNC(=O)CCc1cccc(F)c1. The van der Waals surface area contributed by atoms with Crippen LogP contribution in [0.5, 0.6) is 0 Å². The van der Waals surface area contributed by atoms with Gasteiger partial charge < -0.3 is 10.4 Å². The second-order valence-corrected chi connectivity index (χ2v) is 4.55. The van der Waals surface area contributed by atoms with E-state index in [4.69, 9.17) is 5.11 Å². The van der Waals surface area contributed by atoms with Crippen molar-refractivity contribution < 1.29 is 14.3 Å². The molecule has 0 aliphatic heterocycles. The molecule has 0 aliphatic rings. The largest absolute Gasteiger partial charge is 0.396 e. The van der Waals surface area contributed by atoms with E-state index in [1.54, 1.807) is 6.07 Å². The number of aliphatic hydroxyl groups excluding tert-OH is 1. The maximum absolute atomic E-state index is 12.9. The predicted molar refractivity (Wildman–Crippen MR) is 68.6 cm³/mol. The molecular formula is C14H20FNO2. The Balaban J connectivity index is 2.25. The van der Waals surface area contributed by atoms with Gasteiger partial charge in [-0.15, -0.1) is 0 Å². The third-order valence-electron chi connectivity index (χ3n) is 2.80. The van der Waals surface area contributed by atoms with Gasteiger partial charge in [-0.3, -0.25) is 4.79 Å². The highest BCUT2D eigenvalue weighted by atomic mass is 19.1. The van der Waals surface area contributed by atoms with Crippen LogP contribution in [-0.4, -0.2) is 24.2 Å². The van der Waals surface area contributed by atoms with Crippen molar-refractivity contribution >= 4 is 5.91 Å². The third-order valence-corrected chi connectivity index (χ3v) is 2.80. The molecule has 0 fully saturated rings. The molecule has 3 nitrogen and oxygen atoms in total. The molecule has 1 aromatic rings. The van der Waals surface area contributed by atoms with Crippen molar-refractivity contribution in [3.05, 3.63) is 35.6 Å². The fourth-order valence-electron chi connectivity index (χ4n) is 1.65. The molecular weight excluding hydrogens is 233 g/mol. The number of hydrogen-bond acceptors (Lipinski definition) is 2. The van der Waals surface area contributed by atoms with E-state index in [2.05, 4.69) is 5.32 Å². The van der Waals surface area contributed by atoms with Crippen molar-refractivity contribution in [1.82, 2.24) is 5.32 Å². The van der Waals surface area contributed by atoms with Gasteiger partial charge in [0.05, 0.1) is 0 Å². The molecule has 0 heterocycles. The minimum atomic E-state index is -0.274. The topological polar surface area (TPSA) is 49.3 Å². The summed E-state index contributed by atoms with van der Waals surface area (Å²) < 4.78 is 12.9. The normalized spacial score (nSPS) is 12.2. The second kappa shape index (κ2) is 7.82. The first kappa shape index (κ1) is 14.6. The average Bonchev–Trinajstić information content (AvgIpc) is 2.34. The molecule has 1 atom stereocenters. The Morgan fingerprint density at radius 1 is 1.50 bits per heavy atom. The summed E-state index contributed by atoms with van der Waals surface area (Å²) in [6.45, 7) is 2.69. The second-order valence-electron chi connectivity index (χ2n) is 4.55. The van der Waals surface area contributed by atoms with Crippen LogP contribution in [0.4, 0.5) is 4.39 Å². The molecule has 1 unspecified atom stereocenters. The lowest BCUT2D eigenvalue weighted by Gasteiger charge is -2.11. The Morgan fingerprint density at radius 2 is 2.28 bits per heavy atom. The number of benzene rings is 1. The summed E-state index contributed by atoms with van der Waals surface area (Å²) in [6, 6.07) is 6.29. The minimum Gasteiger partial charge on any atom is -0.396 e. The number of aryl methyl sites for hydroxylation is 1. The molecule has 1 rings (SSSR count). The summed E-state index contributed by atoms with van der Waals surface area (Å²) in [4.78, 5) is 11.5. The van der Waals surface area contributed by atoms with E-state index in [0.717, 1.165) is 5.56 Å². The third kappa shape index (κ3) is 5.77. The predicted octanol–water partition coefficient (Wildman–Crippen LogP) is 1.89. The monoisotopic (exact) mass is 253 g/mol. The van der Waals surface area contributed by atoms with Crippen molar-refractivity contribution in [3.63, 3.8) is 0 Å². The Kier molecular flexibility index (Phi) is 6.36. The number of halogens is 1. The maximum atomic E-state index is 12.9. The highest BCUT2D eigenvalue weighted by Gasteiger charge is 2.05. The highest BCUT2D eigenvalue weighted by molar-refractivity contribution is 5.76. The van der Waals surface area contributed by atoms with E-state index in [1.807, 2.05) is 13.0 Å². The number of carbonyl (C=O) groups is 1. The van der Waals surface area contributed by atoms with Gasteiger partial charge in [-0.1, -0.05) is 19.1 Å². The molecule has 1 amide bonds. The molecule has 100 valence electrons. The first-order chi connectivity index (χ1) is 8.61. The lowest BCUT2D eigenvalue weighted by Crippen LogP contribution is -2.28. The first-order valence-corrected chi connectivity index (χ1v) is 6.24. The molecule has 0 saturated heterocycles. The van der Waals surface area contributed by atoms with Crippen LogP contribution >= 0.6 is 0 Å². The molecule has 0 aliphatic carbocycles. The molecule has 0 radical (unpaired) electrons. The molecule has 0 aromatic heterocycles. The molecule has 0 spiro atoms. The Bertz CT molecular complexity index is 382. The number of nitrogens with one attached hydrogen (secondary N) is 1. The van der Waals surface area contributed by atoms with E-state index in [9.17, 15) is 9.18 Å². The zero-order valence-corrected chi connectivity index (χ0v) is 10.7. The zero-order valence-electron chi connectivity index (χ0n) is 10.7. The fourth-order valence-corrected chi connectivity index (χ4v) is 1.65. The van der Waals surface area contributed by atoms with Gasteiger partial charge in [-0.25, -0.2) is 4.39 Å². The Morgan fingerprint density at radius 3 is 2.94 bits per heavy atom. The minimum absolute atomic E-state index is 0.0379. The van der Waals surface area contributed by atoms with E-state index in [1.165, 1.54) is 12.1 Å². The van der Waals surface area contributed by atoms with Crippen molar-refractivity contribution in [2.24, 2.45) is 5.92 Å². The van der Waals surface area contributed by atoms with Crippen molar-refractivity contribution in [3.8, 4) is 0 Å². The van der Waals surface area contributed by atoms with Crippen LogP contribution in [0, 0.1) is 11.7 Å². The molecule has 1 aromatic carbocycles. The summed E-state index contributed by atoms with van der Waals surface area (Å²) in [5, 5.41) is 11.5. The number of rotatable bonds is 7. The summed E-state index contributed by atoms with van der Waals surface area (Å²) in [6.07, 6.45) is 1.58. The highest BCUT2D eigenvalue weighted by Crippen LogP contribution is 2.06. The summed E-state index contributed by atoms with van der Waals surface area (Å²) in [7, 11) is 0. The van der Waals surface area contributed by atoms with Gasteiger partial charge in [0.1, 0.15) is 5.82 Å². The summed E-state index contributed by atoms with van der Waals surface area (Å²) in [5.41, 5.74) is 0.827. The zero-order chi connectivity index (χ0) is 13.4. The number of hydrogen-bond donors (Lipinski definition) is 2. The van der Waals surface area contributed by atoms with Gasteiger partial charge in [0, 0.05) is 19.6 Å². The lowest BCUT2D eigenvalue weighted by atomic mass is 10.1. The summed E-state index contributed by atoms with van der Waals surface area (Å²) >= 11 is 0. The van der Waals surface area contributed by atoms with Crippen LogP contribution in [0.2, 0.25) is 0 Å². The van der Waals surface area contributed by atoms with Gasteiger partial charge >= 0.3 is 0 Å². The van der Waals surface area contributed by atoms with E-state index >= 15 is 0 Å². The Labute approximate surface area is 107 Å². The van der Waals surface area contributed by atoms with Crippen molar-refractivity contribution in [1.29, 1.82) is 0 Å². The maximum Gasteiger partial charge on any atom is 0.220 e. The molecule has 0 saturated carbocycles. The quantitative estimate of drug-likeness (QED) is 0.779. The van der Waals surface area contributed by atoms with Crippen LogP contribution in [0.3, 0.4) is 0 Å². The number of amides is 1. The van der Waals surface area contributed by atoms with Gasteiger partial charge in [0.15, 0.2) is 0 Å².